The van der Waals surface area contributed by atoms with Gasteiger partial charge in [-0.1, -0.05) is 19.1 Å². The summed E-state index contributed by atoms with van der Waals surface area (Å²) in [5, 5.41) is 20.1. The number of aliphatic hydroxyl groups excluding tert-OH is 1. The molecule has 0 aromatic heterocycles. The Bertz CT molecular complexity index is 358. The van der Waals surface area contributed by atoms with Crippen LogP contribution in [0.2, 0.25) is 0 Å². The second kappa shape index (κ2) is 5.52. The van der Waals surface area contributed by atoms with Gasteiger partial charge in [-0.2, -0.15) is 0 Å². The molecule has 17 heavy (non-hydrogen) atoms. The lowest BCUT2D eigenvalue weighted by atomic mass is 9.90. The first kappa shape index (κ1) is 14.0. The van der Waals surface area contributed by atoms with Crippen LogP contribution in [0.3, 0.4) is 0 Å². The quantitative estimate of drug-likeness (QED) is 0.829. The first-order valence-electron chi connectivity index (χ1n) is 6.04. The van der Waals surface area contributed by atoms with Gasteiger partial charge >= 0.3 is 0 Å². The summed E-state index contributed by atoms with van der Waals surface area (Å²) in [5.41, 5.74) is -0.439. The summed E-state index contributed by atoms with van der Waals surface area (Å²) in [7, 11) is 0. The molecule has 0 radical (unpaired) electrons. The highest BCUT2D eigenvalue weighted by molar-refractivity contribution is 5.31. The van der Waals surface area contributed by atoms with Gasteiger partial charge in [0.05, 0.1) is 11.7 Å². The minimum absolute atomic E-state index is 0.0917. The van der Waals surface area contributed by atoms with E-state index in [1.54, 1.807) is 19.1 Å². The van der Waals surface area contributed by atoms with Gasteiger partial charge in [-0.3, -0.25) is 0 Å². The fourth-order valence-electron chi connectivity index (χ4n) is 1.58. The molecule has 1 rings (SSSR count). The highest BCUT2D eigenvalue weighted by Crippen LogP contribution is 2.30. The molecule has 3 nitrogen and oxygen atoms in total. The molecule has 0 heterocycles. The largest absolute Gasteiger partial charge is 0.491 e. The van der Waals surface area contributed by atoms with Crippen molar-refractivity contribution in [3.05, 3.63) is 29.8 Å². The lowest BCUT2D eigenvalue weighted by molar-refractivity contribution is -0.0659. The standard InChI is InChI=1S/C14H22O3/c1-5-14(4,16)13(15)11-7-6-8-12(9-11)17-10(2)3/h6-10,13,15-16H,5H2,1-4H3. The summed E-state index contributed by atoms with van der Waals surface area (Å²) in [6.07, 6.45) is -0.319. The van der Waals surface area contributed by atoms with E-state index < -0.39 is 11.7 Å². The van der Waals surface area contributed by atoms with Crippen LogP contribution in [0.25, 0.3) is 0 Å². The van der Waals surface area contributed by atoms with Gasteiger partial charge in [0, 0.05) is 0 Å². The van der Waals surface area contributed by atoms with E-state index in [2.05, 4.69) is 0 Å². The molecule has 0 bridgehead atoms. The molecule has 1 aromatic carbocycles. The third kappa shape index (κ3) is 3.72. The molecule has 1 aromatic rings. The molecule has 0 fully saturated rings. The summed E-state index contributed by atoms with van der Waals surface area (Å²) >= 11 is 0. The van der Waals surface area contributed by atoms with Crippen molar-refractivity contribution >= 4 is 0 Å². The van der Waals surface area contributed by atoms with Crippen molar-refractivity contribution in [1.82, 2.24) is 0 Å². The smallest absolute Gasteiger partial charge is 0.120 e. The number of aliphatic hydroxyl groups is 2. The highest BCUT2D eigenvalue weighted by Gasteiger charge is 2.29. The van der Waals surface area contributed by atoms with Crippen LogP contribution in [0.4, 0.5) is 0 Å². The Morgan fingerprint density at radius 3 is 2.53 bits per heavy atom. The Morgan fingerprint density at radius 2 is 2.00 bits per heavy atom. The van der Waals surface area contributed by atoms with E-state index in [0.29, 0.717) is 17.7 Å². The van der Waals surface area contributed by atoms with Crippen LogP contribution >= 0.6 is 0 Å². The van der Waals surface area contributed by atoms with Gasteiger partial charge < -0.3 is 14.9 Å². The van der Waals surface area contributed by atoms with Gasteiger partial charge in [0.15, 0.2) is 0 Å². The summed E-state index contributed by atoms with van der Waals surface area (Å²) in [6, 6.07) is 7.23. The third-order valence-corrected chi connectivity index (χ3v) is 2.85. The Morgan fingerprint density at radius 1 is 1.35 bits per heavy atom. The number of ether oxygens (including phenoxy) is 1. The molecule has 0 aliphatic rings. The molecule has 2 unspecified atom stereocenters. The number of rotatable bonds is 5. The highest BCUT2D eigenvalue weighted by atomic mass is 16.5. The van der Waals surface area contributed by atoms with E-state index >= 15 is 0 Å². The minimum Gasteiger partial charge on any atom is -0.491 e. The Balaban J connectivity index is 2.91. The van der Waals surface area contributed by atoms with Crippen LogP contribution in [0.1, 0.15) is 45.8 Å². The van der Waals surface area contributed by atoms with Crippen LogP contribution < -0.4 is 4.74 Å². The van der Waals surface area contributed by atoms with Crippen LogP contribution in [-0.2, 0) is 0 Å². The molecular formula is C14H22O3. The van der Waals surface area contributed by atoms with E-state index in [-0.39, 0.29) is 6.10 Å². The lowest BCUT2D eigenvalue weighted by Crippen LogP contribution is -2.31. The molecule has 96 valence electrons. The first-order valence-corrected chi connectivity index (χ1v) is 6.04. The van der Waals surface area contributed by atoms with Gasteiger partial charge in [0.1, 0.15) is 11.9 Å². The predicted octanol–water partition coefficient (Wildman–Crippen LogP) is 2.67. The normalized spacial score (nSPS) is 16.6. The Labute approximate surface area is 103 Å². The van der Waals surface area contributed by atoms with Gasteiger partial charge in [-0.25, -0.2) is 0 Å². The molecule has 2 atom stereocenters. The van der Waals surface area contributed by atoms with Crippen molar-refractivity contribution in [3.8, 4) is 5.75 Å². The van der Waals surface area contributed by atoms with E-state index in [9.17, 15) is 10.2 Å². The minimum atomic E-state index is -1.11. The molecule has 2 N–H and O–H groups in total. The van der Waals surface area contributed by atoms with Crippen molar-refractivity contribution in [2.24, 2.45) is 0 Å². The maximum absolute atomic E-state index is 10.1. The van der Waals surface area contributed by atoms with Gasteiger partial charge in [-0.05, 0) is 44.9 Å². The van der Waals surface area contributed by atoms with E-state index in [4.69, 9.17) is 4.74 Å². The van der Waals surface area contributed by atoms with Crippen LogP contribution in [0, 0.1) is 0 Å². The zero-order chi connectivity index (χ0) is 13.1. The number of benzene rings is 1. The molecular weight excluding hydrogens is 216 g/mol. The Kier molecular flexibility index (Phi) is 4.54. The molecule has 0 aliphatic heterocycles. The Hall–Kier alpha value is -1.06. The average Bonchev–Trinajstić information content (AvgIpc) is 2.27. The van der Waals surface area contributed by atoms with Crippen molar-refractivity contribution in [3.63, 3.8) is 0 Å². The predicted molar refractivity (Wildman–Crippen MR) is 68.1 cm³/mol. The van der Waals surface area contributed by atoms with Crippen molar-refractivity contribution < 1.29 is 14.9 Å². The third-order valence-electron chi connectivity index (χ3n) is 2.85. The monoisotopic (exact) mass is 238 g/mol. The van der Waals surface area contributed by atoms with Gasteiger partial charge in [0.25, 0.3) is 0 Å². The fourth-order valence-corrected chi connectivity index (χ4v) is 1.58. The average molecular weight is 238 g/mol. The van der Waals surface area contributed by atoms with Crippen molar-refractivity contribution in [2.45, 2.75) is 51.9 Å². The second-order valence-electron chi connectivity index (χ2n) is 4.85. The van der Waals surface area contributed by atoms with Crippen LogP contribution in [0.15, 0.2) is 24.3 Å². The zero-order valence-corrected chi connectivity index (χ0v) is 11.0. The molecule has 0 spiro atoms. The van der Waals surface area contributed by atoms with E-state index in [1.165, 1.54) is 0 Å². The van der Waals surface area contributed by atoms with Gasteiger partial charge in [-0.15, -0.1) is 0 Å². The molecule has 0 aliphatic carbocycles. The van der Waals surface area contributed by atoms with E-state index in [0.717, 1.165) is 0 Å². The van der Waals surface area contributed by atoms with Crippen LogP contribution in [-0.4, -0.2) is 21.9 Å². The van der Waals surface area contributed by atoms with Crippen molar-refractivity contribution in [1.29, 1.82) is 0 Å². The van der Waals surface area contributed by atoms with Crippen molar-refractivity contribution in [2.75, 3.05) is 0 Å². The van der Waals surface area contributed by atoms with Gasteiger partial charge in [0.2, 0.25) is 0 Å². The summed E-state index contributed by atoms with van der Waals surface area (Å²) in [5.74, 6) is 0.712. The molecule has 3 heteroatoms. The molecule has 0 saturated heterocycles. The summed E-state index contributed by atoms with van der Waals surface area (Å²) < 4.78 is 5.56. The SMILES string of the molecule is CCC(C)(O)C(O)c1cccc(OC(C)C)c1. The fraction of sp³-hybridized carbons (Fsp3) is 0.571. The zero-order valence-electron chi connectivity index (χ0n) is 11.0. The van der Waals surface area contributed by atoms with Crippen LogP contribution in [0.5, 0.6) is 5.75 Å². The second-order valence-corrected chi connectivity index (χ2v) is 4.85. The first-order chi connectivity index (χ1) is 7.86. The summed E-state index contributed by atoms with van der Waals surface area (Å²) in [4.78, 5) is 0. The maximum Gasteiger partial charge on any atom is 0.120 e. The molecule has 0 saturated carbocycles. The number of hydrogen-bond acceptors (Lipinski definition) is 3. The summed E-state index contributed by atoms with van der Waals surface area (Å²) in [6.45, 7) is 7.38. The topological polar surface area (TPSA) is 49.7 Å². The van der Waals surface area contributed by atoms with E-state index in [1.807, 2.05) is 32.9 Å². The lowest BCUT2D eigenvalue weighted by Gasteiger charge is -2.28. The maximum atomic E-state index is 10.1. The molecule has 0 amide bonds. The number of hydrogen-bond donors (Lipinski definition) is 2.